The molecule has 1 aromatic heterocycles. The van der Waals surface area contributed by atoms with Gasteiger partial charge in [0, 0.05) is 28.7 Å². The zero-order valence-electron chi connectivity index (χ0n) is 12.0. The second-order valence-corrected chi connectivity index (χ2v) is 6.09. The topological polar surface area (TPSA) is 63.4 Å². The Kier molecular flexibility index (Phi) is 4.06. The average molecular weight is 312 g/mol. The van der Waals surface area contributed by atoms with Gasteiger partial charge in [0.1, 0.15) is 0 Å². The molecule has 0 aliphatic carbocycles. The van der Waals surface area contributed by atoms with Crippen LogP contribution in [0.15, 0.2) is 41.8 Å². The summed E-state index contributed by atoms with van der Waals surface area (Å²) in [6.07, 6.45) is 5.00. The van der Waals surface area contributed by atoms with Crippen molar-refractivity contribution in [2.75, 3.05) is 11.4 Å². The van der Waals surface area contributed by atoms with E-state index in [2.05, 4.69) is 0 Å². The molecule has 2 aromatic rings. The molecule has 2 heterocycles. The number of amides is 2. The van der Waals surface area contributed by atoms with Crippen LogP contribution in [0.5, 0.6) is 0 Å². The van der Waals surface area contributed by atoms with E-state index in [1.807, 2.05) is 29.7 Å². The van der Waals surface area contributed by atoms with Gasteiger partial charge in [0.2, 0.25) is 5.91 Å². The summed E-state index contributed by atoms with van der Waals surface area (Å²) in [5.74, 6) is -0.517. The molecule has 1 aliphatic heterocycles. The van der Waals surface area contributed by atoms with Crippen LogP contribution in [0.2, 0.25) is 0 Å². The SMILES string of the molecule is NC(=O)c1cccc2c1CCCN2C(=O)/C=C/c1cccs1. The van der Waals surface area contributed by atoms with Crippen molar-refractivity contribution >= 4 is 34.9 Å². The summed E-state index contributed by atoms with van der Waals surface area (Å²) in [6, 6.07) is 9.27. The Balaban J connectivity index is 1.90. The lowest BCUT2D eigenvalue weighted by molar-refractivity contribution is -0.114. The van der Waals surface area contributed by atoms with Crippen LogP contribution in [-0.4, -0.2) is 18.4 Å². The summed E-state index contributed by atoms with van der Waals surface area (Å²) in [7, 11) is 0. The summed E-state index contributed by atoms with van der Waals surface area (Å²) >= 11 is 1.58. The standard InChI is InChI=1S/C17H16N2O2S/c18-17(21)14-5-1-7-15-13(14)6-2-10-19(15)16(20)9-8-12-4-3-11-22-12/h1,3-5,7-9,11H,2,6,10H2,(H2,18,21)/b9-8+. The van der Waals surface area contributed by atoms with Gasteiger partial charge in [-0.25, -0.2) is 0 Å². The largest absolute Gasteiger partial charge is 0.366 e. The maximum atomic E-state index is 12.5. The van der Waals surface area contributed by atoms with E-state index in [0.717, 1.165) is 29.0 Å². The van der Waals surface area contributed by atoms with E-state index < -0.39 is 5.91 Å². The van der Waals surface area contributed by atoms with Gasteiger partial charge >= 0.3 is 0 Å². The molecule has 0 unspecified atom stereocenters. The van der Waals surface area contributed by atoms with Gasteiger partial charge in [-0.3, -0.25) is 9.59 Å². The van der Waals surface area contributed by atoms with Gasteiger partial charge in [0.15, 0.2) is 0 Å². The van der Waals surface area contributed by atoms with Crippen molar-refractivity contribution in [3.63, 3.8) is 0 Å². The van der Waals surface area contributed by atoms with Crippen molar-refractivity contribution in [2.45, 2.75) is 12.8 Å². The number of nitrogens with zero attached hydrogens (tertiary/aromatic N) is 1. The first-order valence-electron chi connectivity index (χ1n) is 7.11. The van der Waals surface area contributed by atoms with Crippen molar-refractivity contribution in [2.24, 2.45) is 5.73 Å². The lowest BCUT2D eigenvalue weighted by Crippen LogP contribution is -2.35. The zero-order valence-corrected chi connectivity index (χ0v) is 12.8. The normalized spacial score (nSPS) is 14.1. The van der Waals surface area contributed by atoms with Crippen molar-refractivity contribution < 1.29 is 9.59 Å². The maximum Gasteiger partial charge on any atom is 0.251 e. The number of carbonyl (C=O) groups excluding carboxylic acids is 2. The van der Waals surface area contributed by atoms with E-state index in [1.165, 1.54) is 0 Å². The summed E-state index contributed by atoms with van der Waals surface area (Å²) in [5.41, 5.74) is 7.61. The average Bonchev–Trinajstić information content (AvgIpc) is 3.04. The third-order valence-corrected chi connectivity index (χ3v) is 4.55. The first-order chi connectivity index (χ1) is 10.7. The smallest absolute Gasteiger partial charge is 0.251 e. The van der Waals surface area contributed by atoms with E-state index in [9.17, 15) is 9.59 Å². The monoisotopic (exact) mass is 312 g/mol. The minimum Gasteiger partial charge on any atom is -0.366 e. The first-order valence-corrected chi connectivity index (χ1v) is 7.99. The third kappa shape index (κ3) is 2.80. The fraction of sp³-hybridized carbons (Fsp3) is 0.176. The van der Waals surface area contributed by atoms with E-state index in [-0.39, 0.29) is 5.91 Å². The highest BCUT2D eigenvalue weighted by Crippen LogP contribution is 2.30. The number of hydrogen-bond donors (Lipinski definition) is 1. The summed E-state index contributed by atoms with van der Waals surface area (Å²) in [4.78, 5) is 26.8. The second-order valence-electron chi connectivity index (χ2n) is 5.11. The van der Waals surface area contributed by atoms with Crippen molar-refractivity contribution in [3.8, 4) is 0 Å². The first kappa shape index (κ1) is 14.5. The molecule has 1 aromatic carbocycles. The Labute approximate surface area is 132 Å². The Bertz CT molecular complexity index is 735. The molecule has 0 atom stereocenters. The molecule has 0 saturated heterocycles. The number of fused-ring (bicyclic) bond motifs is 1. The van der Waals surface area contributed by atoms with Crippen LogP contribution < -0.4 is 10.6 Å². The van der Waals surface area contributed by atoms with E-state index in [1.54, 1.807) is 34.4 Å². The molecule has 0 saturated carbocycles. The lowest BCUT2D eigenvalue weighted by atomic mass is 9.96. The van der Waals surface area contributed by atoms with Gasteiger partial charge in [-0.2, -0.15) is 0 Å². The van der Waals surface area contributed by atoms with Crippen LogP contribution in [0, 0.1) is 0 Å². The molecular weight excluding hydrogens is 296 g/mol. The molecule has 1 aliphatic rings. The van der Waals surface area contributed by atoms with Gasteiger partial charge in [-0.15, -0.1) is 11.3 Å². The number of carbonyl (C=O) groups is 2. The molecule has 112 valence electrons. The molecule has 0 spiro atoms. The fourth-order valence-electron chi connectivity index (χ4n) is 2.71. The number of benzene rings is 1. The number of thiophene rings is 1. The molecule has 22 heavy (non-hydrogen) atoms. The third-order valence-electron chi connectivity index (χ3n) is 3.72. The van der Waals surface area contributed by atoms with Crippen LogP contribution in [0.4, 0.5) is 5.69 Å². The van der Waals surface area contributed by atoms with Gasteiger partial charge in [-0.1, -0.05) is 12.1 Å². The number of rotatable bonds is 3. The lowest BCUT2D eigenvalue weighted by Gasteiger charge is -2.29. The molecule has 2 N–H and O–H groups in total. The molecule has 2 amide bonds. The molecule has 3 rings (SSSR count). The Morgan fingerprint density at radius 3 is 2.82 bits per heavy atom. The van der Waals surface area contributed by atoms with Gasteiger partial charge in [-0.05, 0) is 48.1 Å². The predicted molar refractivity (Wildman–Crippen MR) is 89.0 cm³/mol. The number of anilines is 1. The number of hydrogen-bond acceptors (Lipinski definition) is 3. The number of primary amides is 1. The van der Waals surface area contributed by atoms with Crippen molar-refractivity contribution in [3.05, 3.63) is 57.8 Å². The van der Waals surface area contributed by atoms with Crippen LogP contribution in [0.3, 0.4) is 0 Å². The molecular formula is C17H16N2O2S. The quantitative estimate of drug-likeness (QED) is 0.886. The van der Waals surface area contributed by atoms with Crippen molar-refractivity contribution in [1.29, 1.82) is 0 Å². The predicted octanol–water partition coefficient (Wildman–Crippen LogP) is 2.84. The molecule has 4 nitrogen and oxygen atoms in total. The van der Waals surface area contributed by atoms with Crippen molar-refractivity contribution in [1.82, 2.24) is 0 Å². The number of nitrogens with two attached hydrogens (primary N) is 1. The Morgan fingerprint density at radius 1 is 1.23 bits per heavy atom. The molecule has 0 fully saturated rings. The van der Waals surface area contributed by atoms with Crippen LogP contribution in [-0.2, 0) is 11.2 Å². The van der Waals surface area contributed by atoms with Crippen LogP contribution >= 0.6 is 11.3 Å². The Hall–Kier alpha value is -2.40. The summed E-state index contributed by atoms with van der Waals surface area (Å²) in [5, 5.41) is 1.97. The highest BCUT2D eigenvalue weighted by molar-refractivity contribution is 7.10. The maximum absolute atomic E-state index is 12.5. The molecule has 0 bridgehead atoms. The van der Waals surface area contributed by atoms with E-state index in [0.29, 0.717) is 12.1 Å². The van der Waals surface area contributed by atoms with Gasteiger partial charge in [0.05, 0.1) is 0 Å². The summed E-state index contributed by atoms with van der Waals surface area (Å²) in [6.45, 7) is 0.656. The van der Waals surface area contributed by atoms with Gasteiger partial charge < -0.3 is 10.6 Å². The molecule has 0 radical (unpaired) electrons. The minimum atomic E-state index is -0.444. The van der Waals surface area contributed by atoms with E-state index >= 15 is 0 Å². The van der Waals surface area contributed by atoms with Gasteiger partial charge in [0.25, 0.3) is 5.91 Å². The Morgan fingerprint density at radius 2 is 2.09 bits per heavy atom. The minimum absolute atomic E-state index is 0.0732. The second kappa shape index (κ2) is 6.15. The molecule has 5 heteroatoms. The zero-order chi connectivity index (χ0) is 15.5. The highest BCUT2D eigenvalue weighted by Gasteiger charge is 2.24. The highest BCUT2D eigenvalue weighted by atomic mass is 32.1. The van der Waals surface area contributed by atoms with Crippen LogP contribution in [0.25, 0.3) is 6.08 Å². The summed E-state index contributed by atoms with van der Waals surface area (Å²) < 4.78 is 0. The van der Waals surface area contributed by atoms with E-state index in [4.69, 9.17) is 5.73 Å². The van der Waals surface area contributed by atoms with Crippen LogP contribution in [0.1, 0.15) is 27.2 Å². The fourth-order valence-corrected chi connectivity index (χ4v) is 3.33.